The minimum atomic E-state index is -3.65. The average Bonchev–Trinajstić information content (AvgIpc) is 2.75. The van der Waals surface area contributed by atoms with Crippen LogP contribution in [0.5, 0.6) is 5.75 Å². The molecule has 0 aliphatic carbocycles. The largest absolute Gasteiger partial charge is 0.483 e. The Morgan fingerprint density at radius 2 is 2.00 bits per heavy atom. The number of carbonyl (C=O) groups excluding carboxylic acids is 2. The van der Waals surface area contributed by atoms with Gasteiger partial charge in [0.2, 0.25) is 0 Å². The van der Waals surface area contributed by atoms with Crippen molar-refractivity contribution in [3.63, 3.8) is 0 Å². The average molecular weight is 401 g/mol. The minimum absolute atomic E-state index is 0.00645. The van der Waals surface area contributed by atoms with Crippen LogP contribution in [0.15, 0.2) is 27.3 Å². The van der Waals surface area contributed by atoms with E-state index in [0.717, 1.165) is 6.26 Å². The highest BCUT2D eigenvalue weighted by Crippen LogP contribution is 2.40. The molecule has 0 aromatic heterocycles. The normalized spacial score (nSPS) is 22.3. The predicted molar refractivity (Wildman–Crippen MR) is 91.6 cm³/mol. The van der Waals surface area contributed by atoms with E-state index >= 15 is 0 Å². The number of ether oxygens (including phenoxy) is 2. The fraction of sp³-hybridized carbons (Fsp3) is 0.500. The van der Waals surface area contributed by atoms with E-state index in [4.69, 9.17) is 21.1 Å². The van der Waals surface area contributed by atoms with Crippen molar-refractivity contribution in [1.82, 2.24) is 0 Å². The Bertz CT molecular complexity index is 921. The Balaban J connectivity index is 2.07. The maximum atomic E-state index is 12.9. The molecule has 26 heavy (non-hydrogen) atoms. The highest BCUT2D eigenvalue weighted by atomic mass is 35.5. The van der Waals surface area contributed by atoms with E-state index in [1.807, 2.05) is 0 Å². The summed E-state index contributed by atoms with van der Waals surface area (Å²) in [5, 5.41) is 7.15. The van der Waals surface area contributed by atoms with Gasteiger partial charge in [0, 0.05) is 11.8 Å². The second-order valence-corrected chi connectivity index (χ2v) is 9.16. The lowest BCUT2D eigenvalue weighted by atomic mass is 9.83. The molecule has 1 unspecified atom stereocenters. The van der Waals surface area contributed by atoms with E-state index in [1.54, 1.807) is 13.8 Å². The van der Waals surface area contributed by atoms with Gasteiger partial charge in [0.05, 0.1) is 23.8 Å². The first kappa shape index (κ1) is 18.9. The molecule has 2 aliphatic rings. The highest BCUT2D eigenvalue weighted by molar-refractivity contribution is 7.90. The summed E-state index contributed by atoms with van der Waals surface area (Å²) in [4.78, 5) is 24.8. The zero-order valence-electron chi connectivity index (χ0n) is 14.4. The number of azo groups is 1. The molecule has 2 aliphatic heterocycles. The molecule has 1 saturated heterocycles. The van der Waals surface area contributed by atoms with E-state index in [1.165, 1.54) is 12.1 Å². The fourth-order valence-electron chi connectivity index (χ4n) is 2.76. The van der Waals surface area contributed by atoms with Gasteiger partial charge in [0.15, 0.2) is 21.4 Å². The molecule has 1 amide bonds. The summed E-state index contributed by atoms with van der Waals surface area (Å²) in [6.07, 6.45) is 0.666. The van der Waals surface area contributed by atoms with Gasteiger partial charge in [-0.1, -0.05) is 11.6 Å². The van der Waals surface area contributed by atoms with Crippen LogP contribution in [-0.4, -0.2) is 51.2 Å². The smallest absolute Gasteiger partial charge is 0.277 e. The van der Waals surface area contributed by atoms with Crippen molar-refractivity contribution in [2.45, 2.75) is 30.4 Å². The van der Waals surface area contributed by atoms with E-state index in [0.29, 0.717) is 13.2 Å². The maximum Gasteiger partial charge on any atom is 0.277 e. The topological polar surface area (TPSA) is 111 Å². The Morgan fingerprint density at radius 1 is 1.35 bits per heavy atom. The van der Waals surface area contributed by atoms with Crippen LogP contribution in [0.4, 0.5) is 0 Å². The van der Waals surface area contributed by atoms with Crippen LogP contribution < -0.4 is 4.74 Å². The van der Waals surface area contributed by atoms with Crippen LogP contribution in [0.25, 0.3) is 0 Å². The van der Waals surface area contributed by atoms with Crippen molar-refractivity contribution < 1.29 is 27.5 Å². The Kier molecular flexibility index (Phi) is 4.66. The van der Waals surface area contributed by atoms with Crippen LogP contribution >= 0.6 is 11.6 Å². The third-order valence-corrected chi connectivity index (χ3v) is 5.74. The Labute approximate surface area is 155 Å². The lowest BCUT2D eigenvalue weighted by Crippen LogP contribution is -2.39. The molecule has 1 aromatic rings. The molecule has 0 bridgehead atoms. The number of benzene rings is 1. The summed E-state index contributed by atoms with van der Waals surface area (Å²) in [5.41, 5.74) is -1.01. The molecule has 1 atom stereocenters. The van der Waals surface area contributed by atoms with E-state index in [9.17, 15) is 18.0 Å². The summed E-state index contributed by atoms with van der Waals surface area (Å²) in [5.74, 6) is -2.46. The van der Waals surface area contributed by atoms with E-state index < -0.39 is 33.0 Å². The number of rotatable bonds is 5. The number of halogens is 1. The molecule has 0 saturated carbocycles. The Morgan fingerprint density at radius 3 is 2.46 bits per heavy atom. The third kappa shape index (κ3) is 3.26. The summed E-state index contributed by atoms with van der Waals surface area (Å²) >= 11 is 6.34. The summed E-state index contributed by atoms with van der Waals surface area (Å²) in [7, 11) is -3.65. The zero-order valence-corrected chi connectivity index (χ0v) is 15.9. The van der Waals surface area contributed by atoms with Gasteiger partial charge >= 0.3 is 0 Å². The number of Topliss-reactive ketones (excluding diaryl/α,β-unsaturated/α-hetero) is 1. The molecule has 140 valence electrons. The van der Waals surface area contributed by atoms with Crippen molar-refractivity contribution in [1.29, 1.82) is 0 Å². The molecular weight excluding hydrogens is 384 g/mol. The molecule has 0 spiro atoms. The first-order valence-electron chi connectivity index (χ1n) is 7.80. The number of carbonyl (C=O) groups is 2. The first-order valence-corrected chi connectivity index (χ1v) is 10.1. The van der Waals surface area contributed by atoms with Crippen molar-refractivity contribution in [3.05, 3.63) is 22.7 Å². The zero-order chi connectivity index (χ0) is 19.3. The standard InChI is InChI=1S/C16H17ClN2O6S/c1-16(2)11(15(21)18-19-16)13(20)9-4-5-10(26(3,22)23)14(12(9)17)25-8-6-24-7-8/h4-5,8,11H,6-7H2,1-3H3. The number of nitrogens with zero attached hydrogens (tertiary/aromatic N) is 2. The van der Waals surface area contributed by atoms with Gasteiger partial charge in [-0.2, -0.15) is 5.11 Å². The molecule has 0 radical (unpaired) electrons. The summed E-state index contributed by atoms with van der Waals surface area (Å²) in [6, 6.07) is 2.54. The lowest BCUT2D eigenvalue weighted by molar-refractivity contribution is -0.120. The second-order valence-electron chi connectivity index (χ2n) is 6.79. The fourth-order valence-corrected chi connectivity index (χ4v) is 3.92. The van der Waals surface area contributed by atoms with Gasteiger partial charge in [0.1, 0.15) is 16.9 Å². The van der Waals surface area contributed by atoms with Crippen molar-refractivity contribution in [2.75, 3.05) is 19.5 Å². The third-order valence-electron chi connectivity index (χ3n) is 4.24. The molecule has 2 heterocycles. The van der Waals surface area contributed by atoms with Crippen LogP contribution in [-0.2, 0) is 19.4 Å². The predicted octanol–water partition coefficient (Wildman–Crippen LogP) is 2.09. The SMILES string of the molecule is CC1(C)N=NC(=O)C1C(=O)c1ccc(S(C)(=O)=O)c(OC2COC2)c1Cl. The number of ketones is 1. The molecular formula is C16H17ClN2O6S. The Hall–Kier alpha value is -1.84. The number of hydrogen-bond donors (Lipinski definition) is 0. The molecule has 3 rings (SSSR count). The number of hydrogen-bond acceptors (Lipinski definition) is 7. The van der Waals surface area contributed by atoms with Crippen molar-refractivity contribution in [3.8, 4) is 5.75 Å². The van der Waals surface area contributed by atoms with Gasteiger partial charge in [-0.25, -0.2) is 8.42 Å². The van der Waals surface area contributed by atoms with Crippen molar-refractivity contribution >= 4 is 33.1 Å². The molecule has 1 aromatic carbocycles. The summed E-state index contributed by atoms with van der Waals surface area (Å²) < 4.78 is 34.8. The number of sulfone groups is 1. The maximum absolute atomic E-state index is 12.9. The summed E-state index contributed by atoms with van der Waals surface area (Å²) in [6.45, 7) is 3.82. The van der Waals surface area contributed by atoms with Crippen LogP contribution in [0.1, 0.15) is 24.2 Å². The van der Waals surface area contributed by atoms with Crippen LogP contribution in [0.3, 0.4) is 0 Å². The second kappa shape index (κ2) is 6.40. The lowest BCUT2D eigenvalue weighted by Gasteiger charge is -2.28. The molecule has 10 heteroatoms. The molecule has 1 fully saturated rings. The first-order chi connectivity index (χ1) is 12.0. The minimum Gasteiger partial charge on any atom is -0.483 e. The van der Waals surface area contributed by atoms with E-state index in [2.05, 4.69) is 10.2 Å². The molecule has 0 N–H and O–H groups in total. The van der Waals surface area contributed by atoms with Gasteiger partial charge in [-0.15, -0.1) is 5.11 Å². The monoisotopic (exact) mass is 400 g/mol. The van der Waals surface area contributed by atoms with Gasteiger partial charge < -0.3 is 9.47 Å². The van der Waals surface area contributed by atoms with Crippen LogP contribution in [0.2, 0.25) is 5.02 Å². The van der Waals surface area contributed by atoms with Crippen molar-refractivity contribution in [2.24, 2.45) is 16.1 Å². The van der Waals surface area contributed by atoms with Gasteiger partial charge in [-0.3, -0.25) is 9.59 Å². The quantitative estimate of drug-likeness (QED) is 0.552. The van der Waals surface area contributed by atoms with Gasteiger partial charge in [-0.05, 0) is 26.0 Å². The van der Waals surface area contributed by atoms with Crippen LogP contribution in [0, 0.1) is 5.92 Å². The van der Waals surface area contributed by atoms with E-state index in [-0.39, 0.29) is 27.3 Å². The highest BCUT2D eigenvalue weighted by Gasteiger charge is 2.46. The molecule has 8 nitrogen and oxygen atoms in total. The number of amides is 1. The van der Waals surface area contributed by atoms with Gasteiger partial charge in [0.25, 0.3) is 5.91 Å².